The minimum atomic E-state index is -0.199. The number of halogens is 1. The number of carbonyl (C=O) groups is 1. The standard InChI is InChI=1S/C20H16BrNO2/c1-14-11-18(21)20(24)22(12-14)13-19(23)17-9-7-16(8-10-17)15-5-3-2-4-6-15/h2-12H,13H2,1H3. The average Bonchev–Trinajstić information content (AvgIpc) is 2.60. The number of carbonyl (C=O) groups excluding carboxylic acids is 1. The Morgan fingerprint density at radius 1 is 1.00 bits per heavy atom. The molecular formula is C20H16BrNO2. The zero-order valence-corrected chi connectivity index (χ0v) is 14.8. The lowest BCUT2D eigenvalue weighted by Gasteiger charge is -2.08. The highest BCUT2D eigenvalue weighted by atomic mass is 79.9. The van der Waals surface area contributed by atoms with Gasteiger partial charge in [0.15, 0.2) is 5.78 Å². The molecule has 0 bridgehead atoms. The van der Waals surface area contributed by atoms with Gasteiger partial charge in [0, 0.05) is 11.8 Å². The lowest BCUT2D eigenvalue weighted by atomic mass is 10.0. The number of hydrogen-bond acceptors (Lipinski definition) is 2. The number of aryl methyl sites for hydroxylation is 1. The number of pyridine rings is 1. The highest BCUT2D eigenvalue weighted by Gasteiger charge is 2.10. The van der Waals surface area contributed by atoms with Crippen molar-refractivity contribution in [2.45, 2.75) is 13.5 Å². The van der Waals surface area contributed by atoms with Crippen molar-refractivity contribution in [1.29, 1.82) is 0 Å². The molecule has 120 valence electrons. The number of Topliss-reactive ketones (excluding diaryl/α,β-unsaturated/α-hetero) is 1. The topological polar surface area (TPSA) is 39.1 Å². The molecule has 3 rings (SSSR count). The van der Waals surface area contributed by atoms with Gasteiger partial charge in [-0.3, -0.25) is 9.59 Å². The fourth-order valence-electron chi connectivity index (χ4n) is 2.58. The molecule has 4 heteroatoms. The molecule has 1 heterocycles. The van der Waals surface area contributed by atoms with Gasteiger partial charge >= 0.3 is 0 Å². The predicted octanol–water partition coefficient (Wildman–Crippen LogP) is 4.47. The van der Waals surface area contributed by atoms with Crippen LogP contribution in [-0.2, 0) is 6.54 Å². The minimum absolute atomic E-state index is 0.0315. The van der Waals surface area contributed by atoms with E-state index in [9.17, 15) is 9.59 Å². The zero-order chi connectivity index (χ0) is 17.1. The largest absolute Gasteiger partial charge is 0.306 e. The molecule has 0 N–H and O–H groups in total. The van der Waals surface area contributed by atoms with E-state index in [0.29, 0.717) is 10.0 Å². The minimum Gasteiger partial charge on any atom is -0.306 e. The molecule has 0 aliphatic heterocycles. The molecular weight excluding hydrogens is 366 g/mol. The van der Waals surface area contributed by atoms with Crippen LogP contribution in [0.25, 0.3) is 11.1 Å². The summed E-state index contributed by atoms with van der Waals surface area (Å²) in [6.45, 7) is 1.92. The molecule has 24 heavy (non-hydrogen) atoms. The lowest BCUT2D eigenvalue weighted by molar-refractivity contribution is 0.0971. The third-order valence-corrected chi connectivity index (χ3v) is 4.38. The molecule has 0 spiro atoms. The van der Waals surface area contributed by atoms with Gasteiger partial charge in [-0.05, 0) is 45.6 Å². The highest BCUT2D eigenvalue weighted by molar-refractivity contribution is 9.10. The van der Waals surface area contributed by atoms with E-state index >= 15 is 0 Å². The first-order chi connectivity index (χ1) is 11.5. The first-order valence-corrected chi connectivity index (χ1v) is 8.39. The fraction of sp³-hybridized carbons (Fsp3) is 0.100. The van der Waals surface area contributed by atoms with Crippen molar-refractivity contribution >= 4 is 21.7 Å². The van der Waals surface area contributed by atoms with Crippen molar-refractivity contribution < 1.29 is 4.79 Å². The van der Waals surface area contributed by atoms with E-state index < -0.39 is 0 Å². The van der Waals surface area contributed by atoms with Gasteiger partial charge in [-0.25, -0.2) is 0 Å². The van der Waals surface area contributed by atoms with Crippen molar-refractivity contribution in [3.63, 3.8) is 0 Å². The van der Waals surface area contributed by atoms with Crippen molar-refractivity contribution in [2.75, 3.05) is 0 Å². The molecule has 0 radical (unpaired) electrons. The van der Waals surface area contributed by atoms with E-state index in [4.69, 9.17) is 0 Å². The van der Waals surface area contributed by atoms with Crippen molar-refractivity contribution in [3.8, 4) is 11.1 Å². The zero-order valence-electron chi connectivity index (χ0n) is 13.2. The number of hydrogen-bond donors (Lipinski definition) is 0. The van der Waals surface area contributed by atoms with E-state index in [2.05, 4.69) is 15.9 Å². The summed E-state index contributed by atoms with van der Waals surface area (Å²) in [5, 5.41) is 0. The van der Waals surface area contributed by atoms with E-state index in [1.807, 2.05) is 49.4 Å². The molecule has 0 aliphatic rings. The van der Waals surface area contributed by atoms with Gasteiger partial charge in [0.25, 0.3) is 5.56 Å². The second-order valence-electron chi connectivity index (χ2n) is 5.66. The number of benzene rings is 2. The van der Waals surface area contributed by atoms with E-state index in [-0.39, 0.29) is 17.9 Å². The van der Waals surface area contributed by atoms with Crippen LogP contribution in [-0.4, -0.2) is 10.4 Å². The van der Waals surface area contributed by atoms with Crippen LogP contribution in [0.3, 0.4) is 0 Å². The van der Waals surface area contributed by atoms with Crippen LogP contribution in [0.15, 0.2) is 76.1 Å². The van der Waals surface area contributed by atoms with Crippen molar-refractivity contribution in [3.05, 3.63) is 92.8 Å². The van der Waals surface area contributed by atoms with Crippen LogP contribution in [0.5, 0.6) is 0 Å². The Morgan fingerprint density at radius 3 is 2.29 bits per heavy atom. The monoisotopic (exact) mass is 381 g/mol. The van der Waals surface area contributed by atoms with Crippen LogP contribution in [0, 0.1) is 6.92 Å². The van der Waals surface area contributed by atoms with Crippen LogP contribution in [0.1, 0.15) is 15.9 Å². The third-order valence-electron chi connectivity index (χ3n) is 3.81. The molecule has 0 amide bonds. The molecule has 3 nitrogen and oxygen atoms in total. The van der Waals surface area contributed by atoms with Crippen LogP contribution in [0.2, 0.25) is 0 Å². The number of aromatic nitrogens is 1. The normalized spacial score (nSPS) is 10.6. The van der Waals surface area contributed by atoms with Crippen LogP contribution < -0.4 is 5.56 Å². The first kappa shape index (κ1) is 16.4. The van der Waals surface area contributed by atoms with Gasteiger partial charge in [-0.15, -0.1) is 0 Å². The van der Waals surface area contributed by atoms with Gasteiger partial charge in [-0.2, -0.15) is 0 Å². The first-order valence-electron chi connectivity index (χ1n) is 7.60. The maximum Gasteiger partial charge on any atom is 0.265 e. The van der Waals surface area contributed by atoms with Gasteiger partial charge in [0.05, 0.1) is 11.0 Å². The van der Waals surface area contributed by atoms with Crippen molar-refractivity contribution in [2.24, 2.45) is 0 Å². The number of ketones is 1. The summed E-state index contributed by atoms with van der Waals surface area (Å²) in [5.41, 5.74) is 3.49. The summed E-state index contributed by atoms with van der Waals surface area (Å²) < 4.78 is 1.90. The summed E-state index contributed by atoms with van der Waals surface area (Å²) in [5.74, 6) is -0.0887. The lowest BCUT2D eigenvalue weighted by Crippen LogP contribution is -2.24. The van der Waals surface area contributed by atoms with Gasteiger partial charge in [0.2, 0.25) is 0 Å². The van der Waals surface area contributed by atoms with E-state index in [1.165, 1.54) is 4.57 Å². The molecule has 2 aromatic carbocycles. The molecule has 1 aromatic heterocycles. The molecule has 0 fully saturated rings. The van der Waals surface area contributed by atoms with E-state index in [0.717, 1.165) is 16.7 Å². The quantitative estimate of drug-likeness (QED) is 0.625. The summed E-state index contributed by atoms with van der Waals surface area (Å²) in [6.07, 6.45) is 1.70. The maximum atomic E-state index is 12.5. The third kappa shape index (κ3) is 3.54. The van der Waals surface area contributed by atoms with Crippen molar-refractivity contribution in [1.82, 2.24) is 4.57 Å². The fourth-order valence-corrected chi connectivity index (χ4v) is 3.17. The predicted molar refractivity (Wildman–Crippen MR) is 99.3 cm³/mol. The molecule has 0 atom stereocenters. The van der Waals surface area contributed by atoms with E-state index in [1.54, 1.807) is 24.4 Å². The summed E-state index contributed by atoms with van der Waals surface area (Å²) >= 11 is 3.23. The van der Waals surface area contributed by atoms with Crippen LogP contribution >= 0.6 is 15.9 Å². The average molecular weight is 382 g/mol. The van der Waals surface area contributed by atoms with Gasteiger partial charge in [0.1, 0.15) is 0 Å². The SMILES string of the molecule is Cc1cc(Br)c(=O)n(CC(=O)c2ccc(-c3ccccc3)cc2)c1. The second kappa shape index (κ2) is 6.97. The Balaban J connectivity index is 1.83. The molecule has 0 aliphatic carbocycles. The Hall–Kier alpha value is -2.46. The Labute approximate surface area is 148 Å². The summed E-state index contributed by atoms with van der Waals surface area (Å²) in [4.78, 5) is 24.6. The highest BCUT2D eigenvalue weighted by Crippen LogP contribution is 2.19. The maximum absolute atomic E-state index is 12.5. The molecule has 0 saturated heterocycles. The summed E-state index contributed by atoms with van der Waals surface area (Å²) in [7, 11) is 0. The number of nitrogens with zero attached hydrogens (tertiary/aromatic N) is 1. The Bertz CT molecular complexity index is 928. The summed E-state index contributed by atoms with van der Waals surface area (Å²) in [6, 6.07) is 19.2. The van der Waals surface area contributed by atoms with Gasteiger partial charge in [-0.1, -0.05) is 54.6 Å². The molecule has 0 saturated carbocycles. The molecule has 3 aromatic rings. The smallest absolute Gasteiger partial charge is 0.265 e. The Morgan fingerprint density at radius 2 is 1.62 bits per heavy atom. The molecule has 0 unspecified atom stereocenters. The number of rotatable bonds is 4. The van der Waals surface area contributed by atoms with Crippen LogP contribution in [0.4, 0.5) is 0 Å². The Kier molecular flexibility index (Phi) is 4.76. The second-order valence-corrected chi connectivity index (χ2v) is 6.52. The van der Waals surface area contributed by atoms with Gasteiger partial charge < -0.3 is 4.57 Å².